The molecule has 0 radical (unpaired) electrons. The summed E-state index contributed by atoms with van der Waals surface area (Å²) < 4.78 is 0.915. The van der Waals surface area contributed by atoms with Crippen LogP contribution in [0.15, 0.2) is 46.9 Å². The molecule has 0 fully saturated rings. The van der Waals surface area contributed by atoms with Crippen LogP contribution in [0.4, 0.5) is 5.69 Å². The minimum Gasteiger partial charge on any atom is -0.365 e. The Kier molecular flexibility index (Phi) is 4.47. The van der Waals surface area contributed by atoms with Crippen LogP contribution in [0.1, 0.15) is 17.2 Å². The first kappa shape index (κ1) is 13.9. The Bertz CT molecular complexity index is 634. The average Bonchev–Trinajstić information content (AvgIpc) is 2.39. The van der Waals surface area contributed by atoms with Crippen molar-refractivity contribution in [3.63, 3.8) is 0 Å². The number of aryl methyl sites for hydroxylation is 1. The van der Waals surface area contributed by atoms with Gasteiger partial charge in [0.1, 0.15) is 6.04 Å². The summed E-state index contributed by atoms with van der Waals surface area (Å²) in [4.78, 5) is 0. The Balaban J connectivity index is 2.31. The van der Waals surface area contributed by atoms with Crippen molar-refractivity contribution in [3.8, 4) is 6.07 Å². The Morgan fingerprint density at radius 1 is 1.26 bits per heavy atom. The van der Waals surface area contributed by atoms with Crippen molar-refractivity contribution >= 4 is 33.2 Å². The molecule has 0 spiro atoms. The van der Waals surface area contributed by atoms with Crippen molar-refractivity contribution < 1.29 is 0 Å². The maximum atomic E-state index is 9.35. The van der Waals surface area contributed by atoms with Crippen molar-refractivity contribution in [3.05, 3.63) is 63.1 Å². The fourth-order valence-corrected chi connectivity index (χ4v) is 2.69. The van der Waals surface area contributed by atoms with Gasteiger partial charge in [0.15, 0.2) is 0 Å². The van der Waals surface area contributed by atoms with Crippen LogP contribution in [0.5, 0.6) is 0 Å². The number of nitriles is 1. The molecule has 1 unspecified atom stereocenters. The minimum atomic E-state index is -0.449. The lowest BCUT2D eigenvalue weighted by Crippen LogP contribution is -2.09. The van der Waals surface area contributed by atoms with Gasteiger partial charge in [-0.2, -0.15) is 5.26 Å². The molecule has 0 heterocycles. The van der Waals surface area contributed by atoms with E-state index in [2.05, 4.69) is 27.3 Å². The van der Waals surface area contributed by atoms with E-state index < -0.39 is 6.04 Å². The van der Waals surface area contributed by atoms with Gasteiger partial charge >= 0.3 is 0 Å². The highest BCUT2D eigenvalue weighted by molar-refractivity contribution is 9.10. The molecule has 0 aliphatic heterocycles. The van der Waals surface area contributed by atoms with E-state index in [0.29, 0.717) is 5.02 Å². The summed E-state index contributed by atoms with van der Waals surface area (Å²) in [5, 5.41) is 13.1. The minimum absolute atomic E-state index is 0.449. The van der Waals surface area contributed by atoms with Gasteiger partial charge in [0.25, 0.3) is 0 Å². The van der Waals surface area contributed by atoms with Crippen LogP contribution < -0.4 is 5.32 Å². The fraction of sp³-hybridized carbons (Fsp3) is 0.133. The molecular formula is C15H12BrClN2. The molecule has 2 aromatic carbocycles. The van der Waals surface area contributed by atoms with Gasteiger partial charge in [-0.15, -0.1) is 0 Å². The number of anilines is 1. The molecule has 1 N–H and O–H groups in total. The number of rotatable bonds is 3. The van der Waals surface area contributed by atoms with Gasteiger partial charge in [-0.1, -0.05) is 51.8 Å². The number of para-hydroxylation sites is 1. The van der Waals surface area contributed by atoms with Crippen LogP contribution in [0.2, 0.25) is 5.02 Å². The number of halogens is 2. The third-order valence-electron chi connectivity index (χ3n) is 2.77. The molecule has 0 saturated carbocycles. The lowest BCUT2D eigenvalue weighted by Gasteiger charge is -2.16. The summed E-state index contributed by atoms with van der Waals surface area (Å²) >= 11 is 9.59. The number of hydrogen-bond donors (Lipinski definition) is 1. The first-order valence-corrected chi connectivity index (χ1v) is 6.95. The predicted molar refractivity (Wildman–Crippen MR) is 82.3 cm³/mol. The van der Waals surface area contributed by atoms with E-state index >= 15 is 0 Å². The average molecular weight is 336 g/mol. The van der Waals surface area contributed by atoms with E-state index in [-0.39, 0.29) is 0 Å². The van der Waals surface area contributed by atoms with Crippen molar-refractivity contribution in [2.75, 3.05) is 5.32 Å². The highest BCUT2D eigenvalue weighted by atomic mass is 79.9. The summed E-state index contributed by atoms with van der Waals surface area (Å²) in [5.74, 6) is 0. The number of hydrogen-bond acceptors (Lipinski definition) is 2. The number of nitrogens with zero attached hydrogens (tertiary/aromatic N) is 1. The lowest BCUT2D eigenvalue weighted by atomic mass is 10.1. The van der Waals surface area contributed by atoms with Gasteiger partial charge in [-0.05, 0) is 30.7 Å². The van der Waals surface area contributed by atoms with Crippen molar-refractivity contribution in [2.45, 2.75) is 13.0 Å². The van der Waals surface area contributed by atoms with Crippen LogP contribution in [0.25, 0.3) is 0 Å². The quantitative estimate of drug-likeness (QED) is 0.848. The molecule has 96 valence electrons. The summed E-state index contributed by atoms with van der Waals surface area (Å²) in [6.07, 6.45) is 0. The molecule has 0 saturated heterocycles. The first-order valence-electron chi connectivity index (χ1n) is 5.78. The monoisotopic (exact) mass is 334 g/mol. The molecule has 0 aliphatic carbocycles. The van der Waals surface area contributed by atoms with E-state index in [0.717, 1.165) is 21.3 Å². The second kappa shape index (κ2) is 6.10. The van der Waals surface area contributed by atoms with Gasteiger partial charge < -0.3 is 5.32 Å². The van der Waals surface area contributed by atoms with Crippen LogP contribution >= 0.6 is 27.5 Å². The van der Waals surface area contributed by atoms with Crippen LogP contribution in [0, 0.1) is 18.3 Å². The van der Waals surface area contributed by atoms with Gasteiger partial charge in [0.2, 0.25) is 0 Å². The maximum Gasteiger partial charge on any atom is 0.141 e. The van der Waals surface area contributed by atoms with Crippen LogP contribution in [-0.4, -0.2) is 0 Å². The van der Waals surface area contributed by atoms with Gasteiger partial charge in [-0.3, -0.25) is 0 Å². The molecule has 2 nitrogen and oxygen atoms in total. The normalized spacial score (nSPS) is 11.7. The van der Waals surface area contributed by atoms with Crippen molar-refractivity contribution in [1.82, 2.24) is 0 Å². The van der Waals surface area contributed by atoms with Gasteiger partial charge in [0, 0.05) is 10.0 Å². The molecule has 2 aromatic rings. The van der Waals surface area contributed by atoms with Crippen molar-refractivity contribution in [2.24, 2.45) is 0 Å². The topological polar surface area (TPSA) is 35.8 Å². The molecular weight excluding hydrogens is 324 g/mol. The van der Waals surface area contributed by atoms with E-state index in [1.165, 1.54) is 0 Å². The SMILES string of the molecule is Cc1ccc(C(C#N)Nc2ccccc2Cl)c(Br)c1. The third-order valence-corrected chi connectivity index (χ3v) is 3.79. The number of benzene rings is 2. The second-order valence-corrected chi connectivity index (χ2v) is 5.47. The molecule has 0 amide bonds. The zero-order chi connectivity index (χ0) is 13.8. The van der Waals surface area contributed by atoms with Crippen molar-refractivity contribution in [1.29, 1.82) is 5.26 Å². The van der Waals surface area contributed by atoms with E-state index in [9.17, 15) is 5.26 Å². The Morgan fingerprint density at radius 3 is 2.63 bits per heavy atom. The van der Waals surface area contributed by atoms with E-state index in [4.69, 9.17) is 11.6 Å². The third kappa shape index (κ3) is 3.28. The summed E-state index contributed by atoms with van der Waals surface area (Å²) in [5.41, 5.74) is 2.79. The molecule has 19 heavy (non-hydrogen) atoms. The zero-order valence-electron chi connectivity index (χ0n) is 10.3. The highest BCUT2D eigenvalue weighted by Gasteiger charge is 2.14. The first-order chi connectivity index (χ1) is 9.11. The molecule has 4 heteroatoms. The second-order valence-electron chi connectivity index (χ2n) is 4.21. The van der Waals surface area contributed by atoms with Gasteiger partial charge in [0.05, 0.1) is 16.8 Å². The number of nitrogens with one attached hydrogen (secondary N) is 1. The molecule has 0 aliphatic rings. The Morgan fingerprint density at radius 2 is 2.00 bits per heavy atom. The fourth-order valence-electron chi connectivity index (χ4n) is 1.78. The molecule has 2 rings (SSSR count). The summed E-state index contributed by atoms with van der Waals surface area (Å²) in [6, 6.07) is 15.1. The lowest BCUT2D eigenvalue weighted by molar-refractivity contribution is 0.988. The maximum absolute atomic E-state index is 9.35. The summed E-state index contributed by atoms with van der Waals surface area (Å²) in [7, 11) is 0. The molecule has 0 bridgehead atoms. The van der Waals surface area contributed by atoms with Crippen LogP contribution in [0.3, 0.4) is 0 Å². The van der Waals surface area contributed by atoms with E-state index in [1.807, 2.05) is 43.3 Å². The smallest absolute Gasteiger partial charge is 0.141 e. The largest absolute Gasteiger partial charge is 0.365 e. The van der Waals surface area contributed by atoms with E-state index in [1.54, 1.807) is 6.07 Å². The zero-order valence-corrected chi connectivity index (χ0v) is 12.7. The standard InChI is InChI=1S/C15H12BrClN2/c1-10-6-7-11(12(16)8-10)15(9-18)19-14-5-3-2-4-13(14)17/h2-8,15,19H,1H3. The predicted octanol–water partition coefficient (Wildman–Crippen LogP) is 5.09. The Labute approximate surface area is 126 Å². The highest BCUT2D eigenvalue weighted by Crippen LogP contribution is 2.29. The molecule has 0 aromatic heterocycles. The summed E-state index contributed by atoms with van der Waals surface area (Å²) in [6.45, 7) is 2.01. The molecule has 1 atom stereocenters. The van der Waals surface area contributed by atoms with Crippen LogP contribution in [-0.2, 0) is 0 Å². The Hall–Kier alpha value is -1.50. The van der Waals surface area contributed by atoms with Gasteiger partial charge in [-0.25, -0.2) is 0 Å².